The molecule has 1 heterocycles. The van der Waals surface area contributed by atoms with E-state index in [0.29, 0.717) is 21.7 Å². The molecule has 5 nitrogen and oxygen atoms in total. The number of methoxy groups -OCH3 is 1. The first-order chi connectivity index (χ1) is 12.5. The predicted molar refractivity (Wildman–Crippen MR) is 100 cm³/mol. The van der Waals surface area contributed by atoms with Gasteiger partial charge in [-0.2, -0.15) is 0 Å². The Morgan fingerprint density at radius 1 is 1.12 bits per heavy atom. The number of Topliss-reactive ketones (excluding diaryl/α,β-unsaturated/α-hetero) is 1. The summed E-state index contributed by atoms with van der Waals surface area (Å²) in [5, 5.41) is 0. The van der Waals surface area contributed by atoms with Crippen molar-refractivity contribution in [3.05, 3.63) is 70.8 Å². The Balaban J connectivity index is 1.94. The van der Waals surface area contributed by atoms with Gasteiger partial charge in [0.15, 0.2) is 0 Å². The Hall–Kier alpha value is -2.86. The third kappa shape index (κ3) is 3.41. The number of rotatable bonds is 4. The van der Waals surface area contributed by atoms with Crippen LogP contribution in [0.2, 0.25) is 0 Å². The summed E-state index contributed by atoms with van der Waals surface area (Å²) in [5.74, 6) is -0.682. The van der Waals surface area contributed by atoms with E-state index in [1.54, 1.807) is 43.5 Å². The molecule has 0 aliphatic carbocycles. The summed E-state index contributed by atoms with van der Waals surface area (Å²) < 4.78 is 4.68. The number of amides is 1. The minimum Gasteiger partial charge on any atom is -0.465 e. The van der Waals surface area contributed by atoms with Crippen molar-refractivity contribution in [2.75, 3.05) is 12.0 Å². The number of nitrogens with zero attached hydrogens (tertiary/aromatic N) is 1. The number of fused-ring (bicyclic) bond motifs is 1. The van der Waals surface area contributed by atoms with Crippen LogP contribution in [0.4, 0.5) is 5.69 Å². The van der Waals surface area contributed by atoms with Gasteiger partial charge in [-0.15, -0.1) is 0 Å². The van der Waals surface area contributed by atoms with Crippen LogP contribution in [-0.4, -0.2) is 24.8 Å². The lowest BCUT2D eigenvalue weighted by Gasteiger charge is -2.19. The molecule has 3 rings (SSSR count). The number of hydrogen-bond acceptors (Lipinski definition) is 5. The Kier molecular flexibility index (Phi) is 5.23. The number of esters is 1. The van der Waals surface area contributed by atoms with E-state index in [4.69, 9.17) is 0 Å². The highest BCUT2D eigenvalue weighted by molar-refractivity contribution is 8.04. The number of hydrogen-bond donors (Lipinski definition) is 0. The summed E-state index contributed by atoms with van der Waals surface area (Å²) >= 11 is 1.35. The van der Waals surface area contributed by atoms with Gasteiger partial charge in [-0.3, -0.25) is 14.5 Å². The van der Waals surface area contributed by atoms with Crippen molar-refractivity contribution < 1.29 is 19.1 Å². The monoisotopic (exact) mass is 367 g/mol. The molecule has 0 atom stereocenters. The van der Waals surface area contributed by atoms with E-state index in [9.17, 15) is 14.4 Å². The van der Waals surface area contributed by atoms with Gasteiger partial charge in [0.05, 0.1) is 17.6 Å². The second-order valence-electron chi connectivity index (χ2n) is 5.58. The zero-order valence-electron chi connectivity index (χ0n) is 14.4. The number of carbonyl (C=O) groups excluding carboxylic acids is 3. The zero-order chi connectivity index (χ0) is 18.7. The first-order valence-corrected chi connectivity index (χ1v) is 8.90. The fourth-order valence-electron chi connectivity index (χ4n) is 2.58. The van der Waals surface area contributed by atoms with Gasteiger partial charge in [0, 0.05) is 28.8 Å². The lowest BCUT2D eigenvalue weighted by molar-refractivity contribution is -0.117. The summed E-state index contributed by atoms with van der Waals surface area (Å²) in [5.41, 5.74) is 1.63. The van der Waals surface area contributed by atoms with E-state index < -0.39 is 5.97 Å². The topological polar surface area (TPSA) is 63.7 Å². The molecule has 0 N–H and O–H groups in total. The third-order valence-electron chi connectivity index (χ3n) is 3.96. The molecule has 26 heavy (non-hydrogen) atoms. The Morgan fingerprint density at radius 3 is 2.42 bits per heavy atom. The first-order valence-electron chi connectivity index (χ1n) is 8.09. The van der Waals surface area contributed by atoms with Crippen molar-refractivity contribution in [2.45, 2.75) is 18.2 Å². The van der Waals surface area contributed by atoms with E-state index in [2.05, 4.69) is 4.74 Å². The molecule has 0 radical (unpaired) electrons. The van der Waals surface area contributed by atoms with Crippen LogP contribution in [-0.2, 0) is 9.53 Å². The second-order valence-corrected chi connectivity index (χ2v) is 6.66. The molecule has 132 valence electrons. The van der Waals surface area contributed by atoms with Gasteiger partial charge in [0.2, 0.25) is 11.7 Å². The van der Waals surface area contributed by atoms with Crippen LogP contribution < -0.4 is 4.90 Å². The molecule has 0 bridgehead atoms. The van der Waals surface area contributed by atoms with E-state index in [1.807, 2.05) is 18.2 Å². The Bertz CT molecular complexity index is 902. The number of ketones is 1. The van der Waals surface area contributed by atoms with E-state index in [1.165, 1.54) is 23.8 Å². The molecular formula is C20H17NO4S. The number of ether oxygens (including phenoxy) is 1. The molecule has 0 saturated heterocycles. The van der Waals surface area contributed by atoms with Crippen molar-refractivity contribution in [1.29, 1.82) is 0 Å². The van der Waals surface area contributed by atoms with E-state index >= 15 is 0 Å². The van der Waals surface area contributed by atoms with Gasteiger partial charge < -0.3 is 4.74 Å². The maximum atomic E-state index is 12.6. The maximum absolute atomic E-state index is 12.6. The summed E-state index contributed by atoms with van der Waals surface area (Å²) in [6.07, 6.45) is 1.86. The molecule has 6 heteroatoms. The summed E-state index contributed by atoms with van der Waals surface area (Å²) in [4.78, 5) is 39.4. The average molecular weight is 367 g/mol. The quantitative estimate of drug-likeness (QED) is 0.603. The number of benzene rings is 2. The van der Waals surface area contributed by atoms with Gasteiger partial charge >= 0.3 is 5.97 Å². The number of allylic oxidation sites excluding steroid dienone is 1. The summed E-state index contributed by atoms with van der Waals surface area (Å²) in [6.45, 7) is 1.76. The molecule has 1 amide bonds. The van der Waals surface area contributed by atoms with Gasteiger partial charge in [-0.1, -0.05) is 30.8 Å². The minimum absolute atomic E-state index is 0.0920. The first kappa shape index (κ1) is 17.9. The summed E-state index contributed by atoms with van der Waals surface area (Å²) in [7, 11) is 1.31. The van der Waals surface area contributed by atoms with E-state index in [0.717, 1.165) is 4.90 Å². The molecule has 0 fully saturated rings. The normalized spacial score (nSPS) is 14.2. The molecule has 0 saturated carbocycles. The second kappa shape index (κ2) is 7.58. The van der Waals surface area contributed by atoms with Crippen molar-refractivity contribution in [3.63, 3.8) is 0 Å². The fourth-order valence-corrected chi connectivity index (χ4v) is 3.59. The molecule has 2 aromatic carbocycles. The Labute approximate surface area is 155 Å². The van der Waals surface area contributed by atoms with Crippen LogP contribution in [0.3, 0.4) is 0 Å². The highest BCUT2D eigenvalue weighted by atomic mass is 32.2. The smallest absolute Gasteiger partial charge is 0.337 e. The molecular weight excluding hydrogens is 350 g/mol. The molecule has 2 aromatic rings. The van der Waals surface area contributed by atoms with Crippen molar-refractivity contribution >= 4 is 35.1 Å². The van der Waals surface area contributed by atoms with Crippen LogP contribution in [0.25, 0.3) is 0 Å². The highest BCUT2D eigenvalue weighted by Gasteiger charge is 2.27. The van der Waals surface area contributed by atoms with Gasteiger partial charge in [0.1, 0.15) is 0 Å². The van der Waals surface area contributed by atoms with Gasteiger partial charge in [-0.05, 0) is 36.4 Å². The molecule has 1 aliphatic heterocycles. The maximum Gasteiger partial charge on any atom is 0.337 e. The van der Waals surface area contributed by atoms with E-state index in [-0.39, 0.29) is 18.1 Å². The predicted octanol–water partition coefficient (Wildman–Crippen LogP) is 4.05. The van der Waals surface area contributed by atoms with Crippen LogP contribution in [0.5, 0.6) is 0 Å². The molecule has 0 unspecified atom stereocenters. The summed E-state index contributed by atoms with van der Waals surface area (Å²) in [6, 6.07) is 13.9. The van der Waals surface area contributed by atoms with Crippen LogP contribution in [0.1, 0.15) is 34.1 Å². The fraction of sp³-hybridized carbons (Fsp3) is 0.150. The third-order valence-corrected chi connectivity index (χ3v) is 5.05. The standard InChI is InChI=1S/C20H17NO4S/c1-3-18(22)21(14-10-8-13(9-11-14)20(24)25-2)12-17-19(23)15-6-4-5-7-16(15)26-17/h4-12H,3H2,1-2H3/b17-12+. The van der Waals surface area contributed by atoms with Gasteiger partial charge in [0.25, 0.3) is 0 Å². The lowest BCUT2D eigenvalue weighted by Crippen LogP contribution is -2.25. The van der Waals surface area contributed by atoms with Crippen molar-refractivity contribution in [3.8, 4) is 0 Å². The van der Waals surface area contributed by atoms with Crippen LogP contribution >= 0.6 is 11.8 Å². The van der Waals surface area contributed by atoms with Crippen LogP contribution in [0.15, 0.2) is 64.5 Å². The highest BCUT2D eigenvalue weighted by Crippen LogP contribution is 2.40. The molecule has 1 aliphatic rings. The van der Waals surface area contributed by atoms with Crippen molar-refractivity contribution in [2.24, 2.45) is 0 Å². The Morgan fingerprint density at radius 2 is 1.81 bits per heavy atom. The largest absolute Gasteiger partial charge is 0.465 e. The minimum atomic E-state index is -0.444. The zero-order valence-corrected chi connectivity index (χ0v) is 15.2. The average Bonchev–Trinajstić information content (AvgIpc) is 3.01. The SMILES string of the molecule is CCC(=O)N(/C=C1/Sc2ccccc2C1=O)c1ccc(C(=O)OC)cc1. The number of anilines is 1. The molecule has 0 aromatic heterocycles. The number of carbonyl (C=O) groups is 3. The number of thioether (sulfide) groups is 1. The van der Waals surface area contributed by atoms with Crippen molar-refractivity contribution in [1.82, 2.24) is 0 Å². The van der Waals surface area contributed by atoms with Gasteiger partial charge in [-0.25, -0.2) is 4.79 Å². The van der Waals surface area contributed by atoms with Crippen LogP contribution in [0, 0.1) is 0 Å². The molecule has 0 spiro atoms. The lowest BCUT2D eigenvalue weighted by atomic mass is 10.1.